The number of para-hydroxylation sites is 1. The van der Waals surface area contributed by atoms with E-state index >= 15 is 0 Å². The normalized spacial score (nSPS) is 10.1. The van der Waals surface area contributed by atoms with Crippen LogP contribution in [0.2, 0.25) is 0 Å². The molecule has 0 aliphatic rings. The summed E-state index contributed by atoms with van der Waals surface area (Å²) in [6.07, 6.45) is 0. The fraction of sp³-hybridized carbons (Fsp3) is 0.174. The number of hydrogen-bond acceptors (Lipinski definition) is 5. The van der Waals surface area contributed by atoms with Crippen molar-refractivity contribution in [3.05, 3.63) is 72.8 Å². The maximum Gasteiger partial charge on any atom is 0.262 e. The summed E-state index contributed by atoms with van der Waals surface area (Å²) in [5.74, 6) is 2.92. The molecular weight excluding hydrogens is 370 g/mol. The van der Waals surface area contributed by atoms with Crippen LogP contribution in [0.15, 0.2) is 72.8 Å². The molecule has 0 atom stereocenters. The molecule has 0 saturated carbocycles. The molecule has 6 nitrogen and oxygen atoms in total. The molecule has 1 amide bonds. The molecular formula is C23H23NO5. The lowest BCUT2D eigenvalue weighted by Crippen LogP contribution is -2.20. The van der Waals surface area contributed by atoms with Crippen LogP contribution < -0.4 is 24.3 Å². The van der Waals surface area contributed by atoms with Gasteiger partial charge in [-0.3, -0.25) is 4.79 Å². The van der Waals surface area contributed by atoms with Crippen molar-refractivity contribution in [2.24, 2.45) is 0 Å². The first-order valence-corrected chi connectivity index (χ1v) is 9.24. The smallest absolute Gasteiger partial charge is 0.262 e. The molecule has 3 aromatic rings. The van der Waals surface area contributed by atoms with Crippen molar-refractivity contribution >= 4 is 11.6 Å². The Balaban J connectivity index is 1.51. The van der Waals surface area contributed by atoms with E-state index in [-0.39, 0.29) is 12.5 Å². The van der Waals surface area contributed by atoms with Gasteiger partial charge in [-0.25, -0.2) is 0 Å². The Kier molecular flexibility index (Phi) is 6.95. The summed E-state index contributed by atoms with van der Waals surface area (Å²) in [6, 6.07) is 21.8. The lowest BCUT2D eigenvalue weighted by atomic mass is 10.2. The average molecular weight is 393 g/mol. The zero-order valence-corrected chi connectivity index (χ0v) is 16.4. The summed E-state index contributed by atoms with van der Waals surface area (Å²) >= 11 is 0. The predicted octanol–water partition coefficient (Wildman–Crippen LogP) is 4.90. The molecule has 0 radical (unpaired) electrons. The Bertz CT molecular complexity index is 926. The second-order valence-corrected chi connectivity index (χ2v) is 6.02. The maximum absolute atomic E-state index is 12.2. The Hall–Kier alpha value is -3.67. The minimum absolute atomic E-state index is 0.117. The first kappa shape index (κ1) is 20.1. The molecule has 0 spiro atoms. The van der Waals surface area contributed by atoms with E-state index < -0.39 is 0 Å². The van der Waals surface area contributed by atoms with Crippen molar-refractivity contribution in [1.82, 2.24) is 0 Å². The highest BCUT2D eigenvalue weighted by molar-refractivity contribution is 5.92. The van der Waals surface area contributed by atoms with Crippen LogP contribution in [0.3, 0.4) is 0 Å². The van der Waals surface area contributed by atoms with E-state index in [0.717, 1.165) is 5.75 Å². The number of nitrogens with one attached hydrogen (secondary N) is 1. The number of carbonyl (C=O) groups is 1. The van der Waals surface area contributed by atoms with Crippen LogP contribution in [0.25, 0.3) is 0 Å². The number of hydrogen-bond donors (Lipinski definition) is 1. The van der Waals surface area contributed by atoms with Gasteiger partial charge >= 0.3 is 0 Å². The van der Waals surface area contributed by atoms with Gasteiger partial charge in [0, 0.05) is 11.8 Å². The van der Waals surface area contributed by atoms with E-state index in [9.17, 15) is 4.79 Å². The third-order valence-electron chi connectivity index (χ3n) is 3.92. The number of benzene rings is 3. The van der Waals surface area contributed by atoms with Crippen molar-refractivity contribution in [3.63, 3.8) is 0 Å². The van der Waals surface area contributed by atoms with Crippen molar-refractivity contribution in [2.45, 2.75) is 6.92 Å². The highest BCUT2D eigenvalue weighted by Crippen LogP contribution is 2.30. The van der Waals surface area contributed by atoms with E-state index in [1.807, 2.05) is 37.3 Å². The number of amides is 1. The van der Waals surface area contributed by atoms with E-state index in [4.69, 9.17) is 18.9 Å². The molecule has 6 heteroatoms. The largest absolute Gasteiger partial charge is 0.493 e. The quantitative estimate of drug-likeness (QED) is 0.560. The molecule has 150 valence electrons. The van der Waals surface area contributed by atoms with E-state index in [1.165, 1.54) is 0 Å². The summed E-state index contributed by atoms with van der Waals surface area (Å²) in [4.78, 5) is 12.2. The van der Waals surface area contributed by atoms with Crippen LogP contribution >= 0.6 is 0 Å². The van der Waals surface area contributed by atoms with Crippen LogP contribution in [-0.4, -0.2) is 26.2 Å². The summed E-state index contributed by atoms with van der Waals surface area (Å²) in [6.45, 7) is 2.31. The van der Waals surface area contributed by atoms with Gasteiger partial charge in [0.15, 0.2) is 18.1 Å². The summed E-state index contributed by atoms with van der Waals surface area (Å²) < 4.78 is 22.0. The number of rotatable bonds is 9. The van der Waals surface area contributed by atoms with E-state index in [1.54, 1.807) is 49.6 Å². The van der Waals surface area contributed by atoms with E-state index in [0.29, 0.717) is 35.3 Å². The predicted molar refractivity (Wildman–Crippen MR) is 111 cm³/mol. The summed E-state index contributed by atoms with van der Waals surface area (Å²) in [5, 5.41) is 2.78. The molecule has 1 N–H and O–H groups in total. The third-order valence-corrected chi connectivity index (χ3v) is 3.92. The average Bonchev–Trinajstić information content (AvgIpc) is 2.75. The van der Waals surface area contributed by atoms with Crippen LogP contribution in [0, 0.1) is 0 Å². The topological polar surface area (TPSA) is 66.0 Å². The van der Waals surface area contributed by atoms with Gasteiger partial charge in [-0.15, -0.1) is 0 Å². The molecule has 29 heavy (non-hydrogen) atoms. The van der Waals surface area contributed by atoms with Crippen LogP contribution in [0.4, 0.5) is 5.69 Å². The van der Waals surface area contributed by atoms with Crippen LogP contribution in [0.5, 0.6) is 28.7 Å². The Labute approximate surface area is 170 Å². The molecule has 0 fully saturated rings. The summed E-state index contributed by atoms with van der Waals surface area (Å²) in [5.41, 5.74) is 0.602. The SMILES string of the molecule is CCOc1ccc(NC(=O)COc2ccc(Oc3ccccc3)cc2)cc1OC. The number of carbonyl (C=O) groups excluding carboxylic acids is 1. The Morgan fingerprint density at radius 1 is 0.828 bits per heavy atom. The minimum atomic E-state index is -0.277. The molecule has 0 aliphatic carbocycles. The lowest BCUT2D eigenvalue weighted by molar-refractivity contribution is -0.118. The van der Waals surface area contributed by atoms with Gasteiger partial charge in [0.25, 0.3) is 5.91 Å². The molecule has 0 heterocycles. The van der Waals surface area contributed by atoms with Gasteiger partial charge in [0.1, 0.15) is 17.2 Å². The van der Waals surface area contributed by atoms with Crippen LogP contribution in [0.1, 0.15) is 6.92 Å². The third kappa shape index (κ3) is 5.90. The number of ether oxygens (including phenoxy) is 4. The zero-order chi connectivity index (χ0) is 20.5. The van der Waals surface area contributed by atoms with Crippen molar-refractivity contribution in [1.29, 1.82) is 0 Å². The molecule has 3 rings (SSSR count). The van der Waals surface area contributed by atoms with Gasteiger partial charge in [-0.1, -0.05) is 18.2 Å². The molecule has 0 bridgehead atoms. The minimum Gasteiger partial charge on any atom is -0.493 e. The fourth-order valence-electron chi connectivity index (χ4n) is 2.59. The van der Waals surface area contributed by atoms with Gasteiger partial charge in [-0.05, 0) is 55.5 Å². The van der Waals surface area contributed by atoms with Crippen molar-refractivity contribution in [2.75, 3.05) is 25.6 Å². The first-order valence-electron chi connectivity index (χ1n) is 9.24. The highest BCUT2D eigenvalue weighted by atomic mass is 16.5. The van der Waals surface area contributed by atoms with Gasteiger partial charge in [0.05, 0.1) is 13.7 Å². The lowest BCUT2D eigenvalue weighted by Gasteiger charge is -2.12. The maximum atomic E-state index is 12.2. The molecule has 0 aromatic heterocycles. The summed E-state index contributed by atoms with van der Waals surface area (Å²) in [7, 11) is 1.55. The van der Waals surface area contributed by atoms with Crippen molar-refractivity contribution in [3.8, 4) is 28.7 Å². The molecule has 0 aliphatic heterocycles. The number of methoxy groups -OCH3 is 1. The van der Waals surface area contributed by atoms with E-state index in [2.05, 4.69) is 5.32 Å². The monoisotopic (exact) mass is 393 g/mol. The Morgan fingerprint density at radius 2 is 1.52 bits per heavy atom. The molecule has 0 unspecified atom stereocenters. The highest BCUT2D eigenvalue weighted by Gasteiger charge is 2.09. The van der Waals surface area contributed by atoms with Gasteiger partial charge < -0.3 is 24.3 Å². The second-order valence-electron chi connectivity index (χ2n) is 6.02. The Morgan fingerprint density at radius 3 is 2.21 bits per heavy atom. The first-order chi connectivity index (χ1) is 14.2. The molecule has 0 saturated heterocycles. The standard InChI is InChI=1S/C23H23NO5/c1-3-27-21-14-9-17(15-22(21)26-2)24-23(25)16-28-18-10-12-20(13-11-18)29-19-7-5-4-6-8-19/h4-15H,3,16H2,1-2H3,(H,24,25). The molecule has 3 aromatic carbocycles. The zero-order valence-electron chi connectivity index (χ0n) is 16.4. The fourth-order valence-corrected chi connectivity index (χ4v) is 2.59. The van der Waals surface area contributed by atoms with Crippen LogP contribution in [-0.2, 0) is 4.79 Å². The van der Waals surface area contributed by atoms with Gasteiger partial charge in [-0.2, -0.15) is 0 Å². The number of anilines is 1. The van der Waals surface area contributed by atoms with Crippen molar-refractivity contribution < 1.29 is 23.7 Å². The second kappa shape index (κ2) is 10.0. The van der Waals surface area contributed by atoms with Gasteiger partial charge in [0.2, 0.25) is 0 Å².